The van der Waals surface area contributed by atoms with Gasteiger partial charge in [0.05, 0.1) is 30.7 Å². The average Bonchev–Trinajstić information content (AvgIpc) is 2.97. The van der Waals surface area contributed by atoms with Gasteiger partial charge in [0.25, 0.3) is 0 Å². The summed E-state index contributed by atoms with van der Waals surface area (Å²) in [5.74, 6) is 0. The number of pyridine rings is 1. The Balaban J connectivity index is 1.87. The molecule has 3 rings (SSSR count). The molecule has 1 saturated heterocycles. The molecule has 2 aromatic rings. The first-order chi connectivity index (χ1) is 8.74. The highest BCUT2D eigenvalue weighted by Crippen LogP contribution is 2.20. The van der Waals surface area contributed by atoms with Gasteiger partial charge in [0.2, 0.25) is 0 Å². The summed E-state index contributed by atoms with van der Waals surface area (Å²) in [5, 5.41) is 8.89. The number of hydrogen-bond donors (Lipinski definition) is 1. The van der Waals surface area contributed by atoms with Crippen molar-refractivity contribution in [2.75, 3.05) is 18.5 Å². The van der Waals surface area contributed by atoms with Crippen LogP contribution in [0.3, 0.4) is 0 Å². The van der Waals surface area contributed by atoms with E-state index in [1.165, 1.54) is 0 Å². The van der Waals surface area contributed by atoms with Crippen LogP contribution in [-0.4, -0.2) is 34.0 Å². The van der Waals surface area contributed by atoms with Gasteiger partial charge in [0, 0.05) is 18.0 Å². The maximum absolute atomic E-state index is 5.35. The van der Waals surface area contributed by atoms with E-state index in [1.807, 2.05) is 17.1 Å². The fraction of sp³-hybridized carbons (Fsp3) is 0.538. The second-order valence-electron chi connectivity index (χ2n) is 5.02. The van der Waals surface area contributed by atoms with Gasteiger partial charge in [-0.05, 0) is 26.3 Å². The van der Waals surface area contributed by atoms with Crippen molar-refractivity contribution in [3.05, 3.63) is 18.5 Å². The second-order valence-corrected chi connectivity index (χ2v) is 5.02. The van der Waals surface area contributed by atoms with E-state index in [1.54, 1.807) is 0 Å². The third-order valence-corrected chi connectivity index (χ3v) is 3.22. The average molecular weight is 246 g/mol. The molecule has 3 heterocycles. The zero-order valence-electron chi connectivity index (χ0n) is 10.8. The van der Waals surface area contributed by atoms with Crippen LogP contribution >= 0.6 is 0 Å². The van der Waals surface area contributed by atoms with Gasteiger partial charge in [0.1, 0.15) is 0 Å². The molecule has 0 radical (unpaired) electrons. The molecule has 0 saturated carbocycles. The minimum Gasteiger partial charge on any atom is -0.379 e. The van der Waals surface area contributed by atoms with E-state index >= 15 is 0 Å². The summed E-state index contributed by atoms with van der Waals surface area (Å²) in [4.78, 5) is 4.50. The predicted octanol–water partition coefficient (Wildman–Crippen LogP) is 2.21. The first kappa shape index (κ1) is 11.5. The third kappa shape index (κ3) is 2.06. The van der Waals surface area contributed by atoms with Gasteiger partial charge in [-0.25, -0.2) is 9.67 Å². The van der Waals surface area contributed by atoms with Crippen LogP contribution in [-0.2, 0) is 4.74 Å². The Labute approximate surface area is 106 Å². The van der Waals surface area contributed by atoms with Gasteiger partial charge < -0.3 is 10.1 Å². The molecule has 1 N–H and O–H groups in total. The smallest absolute Gasteiger partial charge is 0.158 e. The Morgan fingerprint density at radius 3 is 3.06 bits per heavy atom. The number of nitrogens with zero attached hydrogens (tertiary/aromatic N) is 3. The van der Waals surface area contributed by atoms with Crippen LogP contribution in [0, 0.1) is 0 Å². The maximum Gasteiger partial charge on any atom is 0.158 e. The largest absolute Gasteiger partial charge is 0.379 e. The van der Waals surface area contributed by atoms with E-state index in [-0.39, 0.29) is 0 Å². The molecule has 1 aliphatic heterocycles. The lowest BCUT2D eigenvalue weighted by Gasteiger charge is -2.12. The molecule has 0 aliphatic carbocycles. The lowest BCUT2D eigenvalue weighted by atomic mass is 10.2. The Bertz CT molecular complexity index is 543. The SMILES string of the molecule is CC(C)n1ncc2cc(NC3CCOC3)cnc21. The van der Waals surface area contributed by atoms with Gasteiger partial charge >= 0.3 is 0 Å². The summed E-state index contributed by atoms with van der Waals surface area (Å²) in [6.07, 6.45) is 4.81. The van der Waals surface area contributed by atoms with Crippen molar-refractivity contribution < 1.29 is 4.74 Å². The standard InChI is InChI=1S/C13H18N4O/c1-9(2)17-13-10(6-15-17)5-12(7-14-13)16-11-3-4-18-8-11/h5-7,9,11,16H,3-4,8H2,1-2H3. The van der Waals surface area contributed by atoms with Crippen molar-refractivity contribution in [1.82, 2.24) is 14.8 Å². The number of hydrogen-bond acceptors (Lipinski definition) is 4. The van der Waals surface area contributed by atoms with Crippen LogP contribution < -0.4 is 5.32 Å². The molecule has 1 fully saturated rings. The first-order valence-corrected chi connectivity index (χ1v) is 6.41. The van der Waals surface area contributed by atoms with Crippen molar-refractivity contribution in [2.45, 2.75) is 32.4 Å². The number of fused-ring (bicyclic) bond motifs is 1. The highest BCUT2D eigenvalue weighted by molar-refractivity contribution is 5.78. The molecule has 5 heteroatoms. The van der Waals surface area contributed by atoms with Crippen LogP contribution in [0.4, 0.5) is 5.69 Å². The summed E-state index contributed by atoms with van der Waals surface area (Å²) in [7, 11) is 0. The molecule has 2 aromatic heterocycles. The van der Waals surface area contributed by atoms with Crippen molar-refractivity contribution in [1.29, 1.82) is 0 Å². The highest BCUT2D eigenvalue weighted by atomic mass is 16.5. The fourth-order valence-electron chi connectivity index (χ4n) is 2.28. The van der Waals surface area contributed by atoms with E-state index in [0.29, 0.717) is 12.1 Å². The zero-order valence-corrected chi connectivity index (χ0v) is 10.8. The van der Waals surface area contributed by atoms with Gasteiger partial charge in [-0.1, -0.05) is 0 Å². The summed E-state index contributed by atoms with van der Waals surface area (Å²) in [6, 6.07) is 2.84. The van der Waals surface area contributed by atoms with Crippen LogP contribution in [0.1, 0.15) is 26.3 Å². The van der Waals surface area contributed by atoms with Gasteiger partial charge in [-0.15, -0.1) is 0 Å². The lowest BCUT2D eigenvalue weighted by molar-refractivity contribution is 0.195. The van der Waals surface area contributed by atoms with Crippen LogP contribution in [0.2, 0.25) is 0 Å². The van der Waals surface area contributed by atoms with E-state index in [0.717, 1.165) is 36.4 Å². The number of rotatable bonds is 3. The Kier molecular flexibility index (Phi) is 2.91. The number of aromatic nitrogens is 3. The third-order valence-electron chi connectivity index (χ3n) is 3.22. The first-order valence-electron chi connectivity index (χ1n) is 6.41. The van der Waals surface area contributed by atoms with E-state index < -0.39 is 0 Å². The molecule has 0 bridgehead atoms. The van der Waals surface area contributed by atoms with Crippen molar-refractivity contribution in [3.63, 3.8) is 0 Å². The summed E-state index contributed by atoms with van der Waals surface area (Å²) >= 11 is 0. The minimum absolute atomic E-state index is 0.331. The van der Waals surface area contributed by atoms with E-state index in [9.17, 15) is 0 Å². The van der Waals surface area contributed by atoms with Gasteiger partial charge in [-0.3, -0.25) is 0 Å². The van der Waals surface area contributed by atoms with Crippen molar-refractivity contribution >= 4 is 16.7 Å². The molecule has 0 aromatic carbocycles. The maximum atomic E-state index is 5.35. The van der Waals surface area contributed by atoms with Crippen LogP contribution in [0.5, 0.6) is 0 Å². The predicted molar refractivity (Wildman–Crippen MR) is 70.8 cm³/mol. The fourth-order valence-corrected chi connectivity index (χ4v) is 2.28. The summed E-state index contributed by atoms with van der Waals surface area (Å²) in [5.41, 5.74) is 1.99. The molecule has 1 atom stereocenters. The molecular formula is C13H18N4O. The molecule has 18 heavy (non-hydrogen) atoms. The molecule has 1 aliphatic rings. The van der Waals surface area contributed by atoms with Crippen molar-refractivity contribution in [3.8, 4) is 0 Å². The van der Waals surface area contributed by atoms with Crippen LogP contribution in [0.25, 0.3) is 11.0 Å². The monoisotopic (exact) mass is 246 g/mol. The minimum atomic E-state index is 0.331. The molecular weight excluding hydrogens is 228 g/mol. The normalized spacial score (nSPS) is 19.8. The lowest BCUT2D eigenvalue weighted by Crippen LogP contribution is -2.18. The van der Waals surface area contributed by atoms with Gasteiger partial charge in [-0.2, -0.15) is 5.10 Å². The van der Waals surface area contributed by atoms with Crippen molar-refractivity contribution in [2.24, 2.45) is 0 Å². The van der Waals surface area contributed by atoms with Gasteiger partial charge in [0.15, 0.2) is 5.65 Å². The molecule has 0 amide bonds. The zero-order chi connectivity index (χ0) is 12.5. The van der Waals surface area contributed by atoms with E-state index in [4.69, 9.17) is 4.74 Å². The molecule has 5 nitrogen and oxygen atoms in total. The molecule has 0 spiro atoms. The summed E-state index contributed by atoms with van der Waals surface area (Å²) < 4.78 is 7.30. The number of ether oxygens (including phenoxy) is 1. The number of nitrogens with one attached hydrogen (secondary N) is 1. The highest BCUT2D eigenvalue weighted by Gasteiger charge is 2.15. The second kappa shape index (κ2) is 4.57. The Morgan fingerprint density at radius 2 is 2.33 bits per heavy atom. The topological polar surface area (TPSA) is 52.0 Å². The number of anilines is 1. The molecule has 1 unspecified atom stereocenters. The summed E-state index contributed by atoms with van der Waals surface area (Å²) in [6.45, 7) is 5.84. The van der Waals surface area contributed by atoms with E-state index in [2.05, 4.69) is 35.3 Å². The Morgan fingerprint density at radius 1 is 1.44 bits per heavy atom. The quantitative estimate of drug-likeness (QED) is 0.902. The molecule has 96 valence electrons. The Hall–Kier alpha value is -1.62. The van der Waals surface area contributed by atoms with Crippen LogP contribution in [0.15, 0.2) is 18.5 Å².